The van der Waals surface area contributed by atoms with Crippen LogP contribution in [0.4, 0.5) is 0 Å². The standard InChI is InChI=1S/C23H24N4O4S/c1-15-12-16(2)25-23(24-15)32-14-17-8-10-18(11-9-17)22(29)27-26-21(28)13-31-20-7-5-4-6-19(20)30-3/h4-12H,13-14H2,1-3H3,(H,26,28)(H,27,29). The van der Waals surface area contributed by atoms with Gasteiger partial charge in [0.2, 0.25) is 0 Å². The first-order valence-corrected chi connectivity index (χ1v) is 10.8. The number of hydrogen-bond acceptors (Lipinski definition) is 7. The molecule has 9 heteroatoms. The van der Waals surface area contributed by atoms with E-state index in [1.807, 2.05) is 32.0 Å². The Hall–Kier alpha value is -3.59. The van der Waals surface area contributed by atoms with Gasteiger partial charge in [0.05, 0.1) is 7.11 Å². The molecular weight excluding hydrogens is 428 g/mol. The first-order valence-electron chi connectivity index (χ1n) is 9.83. The summed E-state index contributed by atoms with van der Waals surface area (Å²) in [5.74, 6) is 0.725. The number of aryl methyl sites for hydroxylation is 2. The molecule has 0 atom stereocenters. The number of hydrazine groups is 1. The van der Waals surface area contributed by atoms with Crippen molar-refractivity contribution >= 4 is 23.6 Å². The van der Waals surface area contributed by atoms with Crippen LogP contribution in [0.15, 0.2) is 59.8 Å². The third kappa shape index (κ3) is 6.71. The number of amides is 2. The molecular formula is C23H24N4O4S. The second kappa shape index (κ2) is 11.1. The topological polar surface area (TPSA) is 102 Å². The van der Waals surface area contributed by atoms with Gasteiger partial charge in [0.1, 0.15) is 0 Å². The van der Waals surface area contributed by atoms with Crippen molar-refractivity contribution < 1.29 is 19.1 Å². The zero-order valence-electron chi connectivity index (χ0n) is 18.0. The molecule has 0 aliphatic carbocycles. The summed E-state index contributed by atoms with van der Waals surface area (Å²) in [6, 6.07) is 16.0. The predicted molar refractivity (Wildman–Crippen MR) is 122 cm³/mol. The third-order valence-electron chi connectivity index (χ3n) is 4.29. The molecule has 1 aromatic heterocycles. The maximum absolute atomic E-state index is 12.3. The highest BCUT2D eigenvalue weighted by molar-refractivity contribution is 7.98. The molecule has 0 aliphatic heterocycles. The Morgan fingerprint density at radius 2 is 1.59 bits per heavy atom. The molecule has 0 saturated carbocycles. The highest BCUT2D eigenvalue weighted by atomic mass is 32.2. The lowest BCUT2D eigenvalue weighted by molar-refractivity contribution is -0.123. The van der Waals surface area contributed by atoms with E-state index in [2.05, 4.69) is 20.8 Å². The quantitative estimate of drug-likeness (QED) is 0.307. The molecule has 3 aromatic rings. The molecule has 8 nitrogen and oxygen atoms in total. The van der Waals surface area contributed by atoms with Gasteiger partial charge in [0.15, 0.2) is 23.3 Å². The van der Waals surface area contributed by atoms with Crippen LogP contribution in [0.1, 0.15) is 27.3 Å². The SMILES string of the molecule is COc1ccccc1OCC(=O)NNC(=O)c1ccc(CSc2nc(C)cc(C)n2)cc1. The molecule has 32 heavy (non-hydrogen) atoms. The second-order valence-corrected chi connectivity index (χ2v) is 7.80. The highest BCUT2D eigenvalue weighted by Crippen LogP contribution is 2.25. The number of para-hydroxylation sites is 2. The molecule has 0 fully saturated rings. The van der Waals surface area contributed by atoms with Gasteiger partial charge < -0.3 is 9.47 Å². The number of thioether (sulfide) groups is 1. The largest absolute Gasteiger partial charge is 0.493 e. The van der Waals surface area contributed by atoms with Gasteiger partial charge in [-0.1, -0.05) is 36.0 Å². The average molecular weight is 453 g/mol. The van der Waals surface area contributed by atoms with E-state index in [4.69, 9.17) is 9.47 Å². The summed E-state index contributed by atoms with van der Waals surface area (Å²) >= 11 is 1.53. The van der Waals surface area contributed by atoms with Crippen molar-refractivity contribution in [2.45, 2.75) is 24.8 Å². The first-order chi connectivity index (χ1) is 15.4. The summed E-state index contributed by atoms with van der Waals surface area (Å²) in [7, 11) is 1.52. The van der Waals surface area contributed by atoms with Gasteiger partial charge in [-0.25, -0.2) is 9.97 Å². The van der Waals surface area contributed by atoms with Crippen LogP contribution in [-0.4, -0.2) is 35.5 Å². The van der Waals surface area contributed by atoms with E-state index in [0.29, 0.717) is 22.8 Å². The normalized spacial score (nSPS) is 10.3. The molecule has 166 valence electrons. The number of nitrogens with zero attached hydrogens (tertiary/aromatic N) is 2. The van der Waals surface area contributed by atoms with Crippen LogP contribution in [-0.2, 0) is 10.5 Å². The predicted octanol–water partition coefficient (Wildman–Crippen LogP) is 3.23. The van der Waals surface area contributed by atoms with E-state index < -0.39 is 11.8 Å². The van der Waals surface area contributed by atoms with Crippen LogP contribution in [0.5, 0.6) is 11.5 Å². The number of carbonyl (C=O) groups excluding carboxylic acids is 2. The summed E-state index contributed by atoms with van der Waals surface area (Å²) in [5.41, 5.74) is 8.03. The Labute approximate surface area is 190 Å². The van der Waals surface area contributed by atoms with E-state index in [0.717, 1.165) is 22.1 Å². The van der Waals surface area contributed by atoms with Crippen molar-refractivity contribution in [2.24, 2.45) is 0 Å². The number of benzene rings is 2. The number of nitrogens with one attached hydrogen (secondary N) is 2. The van der Waals surface area contributed by atoms with Crippen molar-refractivity contribution in [1.82, 2.24) is 20.8 Å². The number of methoxy groups -OCH3 is 1. The van der Waals surface area contributed by atoms with E-state index in [-0.39, 0.29) is 6.61 Å². The fourth-order valence-electron chi connectivity index (χ4n) is 2.77. The van der Waals surface area contributed by atoms with Gasteiger partial charge in [-0.15, -0.1) is 0 Å². The summed E-state index contributed by atoms with van der Waals surface area (Å²) in [6.45, 7) is 3.61. The Balaban J connectivity index is 1.45. The van der Waals surface area contributed by atoms with E-state index in [1.165, 1.54) is 18.9 Å². The Morgan fingerprint density at radius 3 is 2.25 bits per heavy atom. The van der Waals surface area contributed by atoms with Crippen LogP contribution in [0.3, 0.4) is 0 Å². The zero-order chi connectivity index (χ0) is 22.9. The average Bonchev–Trinajstić information content (AvgIpc) is 2.79. The lowest BCUT2D eigenvalue weighted by atomic mass is 10.1. The molecule has 0 aliphatic rings. The van der Waals surface area contributed by atoms with Crippen molar-refractivity contribution in [3.63, 3.8) is 0 Å². The molecule has 3 rings (SSSR count). The number of rotatable bonds is 8. The monoisotopic (exact) mass is 452 g/mol. The summed E-state index contributed by atoms with van der Waals surface area (Å²) < 4.78 is 10.6. The zero-order valence-corrected chi connectivity index (χ0v) is 18.9. The maximum Gasteiger partial charge on any atom is 0.276 e. The smallest absolute Gasteiger partial charge is 0.276 e. The van der Waals surface area contributed by atoms with Crippen LogP contribution in [0.2, 0.25) is 0 Å². The number of carbonyl (C=O) groups is 2. The van der Waals surface area contributed by atoms with Crippen LogP contribution < -0.4 is 20.3 Å². The van der Waals surface area contributed by atoms with E-state index >= 15 is 0 Å². The van der Waals surface area contributed by atoms with Crippen molar-refractivity contribution in [1.29, 1.82) is 0 Å². The summed E-state index contributed by atoms with van der Waals surface area (Å²) in [5, 5.41) is 0.724. The van der Waals surface area contributed by atoms with Crippen LogP contribution >= 0.6 is 11.8 Å². The van der Waals surface area contributed by atoms with Gasteiger partial charge >= 0.3 is 0 Å². The number of aromatic nitrogens is 2. The number of ether oxygens (including phenoxy) is 2. The van der Waals surface area contributed by atoms with E-state index in [1.54, 1.807) is 36.4 Å². The molecule has 0 radical (unpaired) electrons. The van der Waals surface area contributed by atoms with Gasteiger partial charge in [0, 0.05) is 22.7 Å². The minimum Gasteiger partial charge on any atom is -0.493 e. The Morgan fingerprint density at radius 1 is 0.938 bits per heavy atom. The molecule has 2 aromatic carbocycles. The fourth-order valence-corrected chi connectivity index (χ4v) is 3.68. The Bertz CT molecular complexity index is 1070. The molecule has 1 heterocycles. The third-order valence-corrected chi connectivity index (χ3v) is 5.21. The van der Waals surface area contributed by atoms with Crippen molar-refractivity contribution in [3.8, 4) is 11.5 Å². The molecule has 2 amide bonds. The summed E-state index contributed by atoms with van der Waals surface area (Å²) in [6.07, 6.45) is 0. The lowest BCUT2D eigenvalue weighted by Gasteiger charge is -2.11. The van der Waals surface area contributed by atoms with E-state index in [9.17, 15) is 9.59 Å². The number of hydrogen-bond donors (Lipinski definition) is 2. The minimum absolute atomic E-state index is 0.267. The molecule has 0 bridgehead atoms. The second-order valence-electron chi connectivity index (χ2n) is 6.86. The minimum atomic E-state index is -0.495. The van der Waals surface area contributed by atoms with Gasteiger partial charge in [-0.05, 0) is 49.7 Å². The summed E-state index contributed by atoms with van der Waals surface area (Å²) in [4.78, 5) is 33.1. The molecule has 0 unspecified atom stereocenters. The molecule has 0 spiro atoms. The van der Waals surface area contributed by atoms with Crippen molar-refractivity contribution in [3.05, 3.63) is 77.1 Å². The molecule has 0 saturated heterocycles. The van der Waals surface area contributed by atoms with Crippen molar-refractivity contribution in [2.75, 3.05) is 13.7 Å². The van der Waals surface area contributed by atoms with Gasteiger partial charge in [-0.3, -0.25) is 20.4 Å². The van der Waals surface area contributed by atoms with Gasteiger partial charge in [-0.2, -0.15) is 0 Å². The molecule has 2 N–H and O–H groups in total. The van der Waals surface area contributed by atoms with Crippen LogP contribution in [0.25, 0.3) is 0 Å². The lowest BCUT2D eigenvalue weighted by Crippen LogP contribution is -2.43. The Kier molecular flexibility index (Phi) is 8.04. The van der Waals surface area contributed by atoms with Gasteiger partial charge in [0.25, 0.3) is 11.8 Å². The first kappa shape index (κ1) is 23.1. The van der Waals surface area contributed by atoms with Crippen LogP contribution in [0, 0.1) is 13.8 Å². The highest BCUT2D eigenvalue weighted by Gasteiger charge is 2.10. The fraction of sp³-hybridized carbons (Fsp3) is 0.217. The maximum atomic E-state index is 12.3.